The second-order valence-corrected chi connectivity index (χ2v) is 4.37. The Balaban J connectivity index is 2.74. The number of fused-ring (bicyclic) bond motifs is 1. The Hall–Kier alpha value is -1.35. The molecular formula is C12H13ClN2O. The SMILES string of the molecule is COc1cc2nncc(C(C)C)c2cc1Cl. The zero-order chi connectivity index (χ0) is 11.7. The Labute approximate surface area is 99.4 Å². The van der Waals surface area contributed by atoms with Crippen molar-refractivity contribution in [3.63, 3.8) is 0 Å². The first-order chi connectivity index (χ1) is 7.63. The highest BCUT2D eigenvalue weighted by Gasteiger charge is 2.10. The Morgan fingerprint density at radius 1 is 1.31 bits per heavy atom. The summed E-state index contributed by atoms with van der Waals surface area (Å²) in [6.45, 7) is 4.24. The van der Waals surface area contributed by atoms with E-state index in [1.165, 1.54) is 0 Å². The van der Waals surface area contributed by atoms with Gasteiger partial charge in [0.05, 0.1) is 23.8 Å². The maximum absolute atomic E-state index is 6.11. The molecule has 1 heterocycles. The zero-order valence-corrected chi connectivity index (χ0v) is 10.2. The summed E-state index contributed by atoms with van der Waals surface area (Å²) in [6, 6.07) is 3.70. The Bertz CT molecular complexity index is 526. The molecule has 2 aromatic rings. The number of nitrogens with zero attached hydrogens (tertiary/aromatic N) is 2. The van der Waals surface area contributed by atoms with Crippen LogP contribution in [0.4, 0.5) is 0 Å². The number of hydrogen-bond donors (Lipinski definition) is 0. The number of halogens is 1. The Kier molecular flexibility index (Phi) is 2.97. The van der Waals surface area contributed by atoms with Gasteiger partial charge >= 0.3 is 0 Å². The summed E-state index contributed by atoms with van der Waals surface area (Å²) in [7, 11) is 1.59. The van der Waals surface area contributed by atoms with Crippen molar-refractivity contribution < 1.29 is 4.74 Å². The predicted octanol–water partition coefficient (Wildman–Crippen LogP) is 3.42. The number of aromatic nitrogens is 2. The maximum Gasteiger partial charge on any atom is 0.139 e. The summed E-state index contributed by atoms with van der Waals surface area (Å²) in [5, 5.41) is 9.72. The molecule has 2 rings (SSSR count). The van der Waals surface area contributed by atoms with Gasteiger partial charge in [-0.25, -0.2) is 0 Å². The lowest BCUT2D eigenvalue weighted by Crippen LogP contribution is -1.95. The van der Waals surface area contributed by atoms with Crippen LogP contribution in [0.25, 0.3) is 10.9 Å². The summed E-state index contributed by atoms with van der Waals surface area (Å²) >= 11 is 6.11. The van der Waals surface area contributed by atoms with Gasteiger partial charge in [-0.15, -0.1) is 0 Å². The first kappa shape index (κ1) is 11.1. The highest BCUT2D eigenvalue weighted by atomic mass is 35.5. The van der Waals surface area contributed by atoms with Crippen molar-refractivity contribution in [3.05, 3.63) is 28.9 Å². The molecule has 0 aliphatic rings. The van der Waals surface area contributed by atoms with Crippen molar-refractivity contribution in [1.29, 1.82) is 0 Å². The summed E-state index contributed by atoms with van der Waals surface area (Å²) in [5.74, 6) is 1.02. The fraction of sp³-hybridized carbons (Fsp3) is 0.333. The topological polar surface area (TPSA) is 35.0 Å². The van der Waals surface area contributed by atoms with E-state index < -0.39 is 0 Å². The van der Waals surface area contributed by atoms with Gasteiger partial charge in [0.15, 0.2) is 0 Å². The van der Waals surface area contributed by atoms with Crippen LogP contribution in [-0.4, -0.2) is 17.3 Å². The largest absolute Gasteiger partial charge is 0.495 e. The molecule has 4 heteroatoms. The number of benzene rings is 1. The fourth-order valence-corrected chi connectivity index (χ4v) is 1.94. The molecule has 0 radical (unpaired) electrons. The lowest BCUT2D eigenvalue weighted by atomic mass is 10.0. The van der Waals surface area contributed by atoms with Gasteiger partial charge in [-0.1, -0.05) is 25.4 Å². The molecule has 0 saturated heterocycles. The average Bonchev–Trinajstić information content (AvgIpc) is 2.27. The van der Waals surface area contributed by atoms with E-state index in [1.54, 1.807) is 13.3 Å². The van der Waals surface area contributed by atoms with E-state index in [2.05, 4.69) is 24.0 Å². The smallest absolute Gasteiger partial charge is 0.139 e. The maximum atomic E-state index is 6.11. The fourth-order valence-electron chi connectivity index (χ4n) is 1.70. The summed E-state index contributed by atoms with van der Waals surface area (Å²) in [5.41, 5.74) is 1.96. The molecule has 0 fully saturated rings. The highest BCUT2D eigenvalue weighted by molar-refractivity contribution is 6.32. The van der Waals surface area contributed by atoms with E-state index in [9.17, 15) is 0 Å². The van der Waals surface area contributed by atoms with Gasteiger partial charge in [-0.3, -0.25) is 0 Å². The van der Waals surface area contributed by atoms with Gasteiger partial charge in [-0.05, 0) is 17.5 Å². The third kappa shape index (κ3) is 1.83. The van der Waals surface area contributed by atoms with Gasteiger partial charge in [-0.2, -0.15) is 10.2 Å². The van der Waals surface area contributed by atoms with E-state index in [-0.39, 0.29) is 0 Å². The van der Waals surface area contributed by atoms with E-state index in [4.69, 9.17) is 16.3 Å². The van der Waals surface area contributed by atoms with Gasteiger partial charge in [0, 0.05) is 11.5 Å². The highest BCUT2D eigenvalue weighted by Crippen LogP contribution is 2.32. The molecule has 0 spiro atoms. The summed E-state index contributed by atoms with van der Waals surface area (Å²) < 4.78 is 5.15. The van der Waals surface area contributed by atoms with Crippen molar-refractivity contribution in [2.75, 3.05) is 7.11 Å². The van der Waals surface area contributed by atoms with Crippen LogP contribution in [0.3, 0.4) is 0 Å². The third-order valence-electron chi connectivity index (χ3n) is 2.57. The second kappa shape index (κ2) is 4.26. The van der Waals surface area contributed by atoms with Crippen LogP contribution in [0, 0.1) is 0 Å². The van der Waals surface area contributed by atoms with Crippen molar-refractivity contribution >= 4 is 22.5 Å². The zero-order valence-electron chi connectivity index (χ0n) is 9.49. The van der Waals surface area contributed by atoms with Crippen molar-refractivity contribution in [1.82, 2.24) is 10.2 Å². The number of methoxy groups -OCH3 is 1. The number of hydrogen-bond acceptors (Lipinski definition) is 3. The summed E-state index contributed by atoms with van der Waals surface area (Å²) in [4.78, 5) is 0. The average molecular weight is 237 g/mol. The molecule has 0 aliphatic carbocycles. The minimum absolute atomic E-state index is 0.391. The van der Waals surface area contributed by atoms with E-state index in [1.807, 2.05) is 12.1 Å². The van der Waals surface area contributed by atoms with Crippen molar-refractivity contribution in [2.45, 2.75) is 19.8 Å². The lowest BCUT2D eigenvalue weighted by molar-refractivity contribution is 0.415. The molecule has 0 N–H and O–H groups in total. The van der Waals surface area contributed by atoms with Crippen LogP contribution in [0.1, 0.15) is 25.3 Å². The van der Waals surface area contributed by atoms with Crippen molar-refractivity contribution in [3.8, 4) is 5.75 Å². The van der Waals surface area contributed by atoms with Crippen LogP contribution in [0.2, 0.25) is 5.02 Å². The molecule has 0 unspecified atom stereocenters. The van der Waals surface area contributed by atoms with E-state index >= 15 is 0 Å². The summed E-state index contributed by atoms with van der Waals surface area (Å²) in [6.07, 6.45) is 1.79. The standard InChI is InChI=1S/C12H13ClN2O/c1-7(2)9-6-14-15-11-5-12(16-3)10(13)4-8(9)11/h4-7H,1-3H3. The second-order valence-electron chi connectivity index (χ2n) is 3.96. The minimum Gasteiger partial charge on any atom is -0.495 e. The van der Waals surface area contributed by atoms with Crippen LogP contribution in [0.15, 0.2) is 18.3 Å². The third-order valence-corrected chi connectivity index (χ3v) is 2.86. The number of rotatable bonds is 2. The normalized spacial score (nSPS) is 11.1. The van der Waals surface area contributed by atoms with Crippen LogP contribution >= 0.6 is 11.6 Å². The Morgan fingerprint density at radius 2 is 2.06 bits per heavy atom. The molecule has 0 amide bonds. The van der Waals surface area contributed by atoms with Crippen molar-refractivity contribution in [2.24, 2.45) is 0 Å². The predicted molar refractivity (Wildman–Crippen MR) is 65.2 cm³/mol. The molecule has 16 heavy (non-hydrogen) atoms. The molecule has 0 saturated carbocycles. The van der Waals surface area contributed by atoms with E-state index in [0.717, 1.165) is 16.5 Å². The van der Waals surface area contributed by atoms with Crippen LogP contribution in [0.5, 0.6) is 5.75 Å². The molecule has 0 bridgehead atoms. The van der Waals surface area contributed by atoms with Gasteiger partial charge < -0.3 is 4.74 Å². The first-order valence-corrected chi connectivity index (χ1v) is 5.50. The molecular weight excluding hydrogens is 224 g/mol. The molecule has 84 valence electrons. The van der Waals surface area contributed by atoms with Gasteiger partial charge in [0.2, 0.25) is 0 Å². The monoisotopic (exact) mass is 236 g/mol. The Morgan fingerprint density at radius 3 is 2.69 bits per heavy atom. The first-order valence-electron chi connectivity index (χ1n) is 5.12. The number of ether oxygens (including phenoxy) is 1. The molecule has 1 aromatic carbocycles. The minimum atomic E-state index is 0.391. The molecule has 1 aromatic heterocycles. The van der Waals surface area contributed by atoms with E-state index in [0.29, 0.717) is 16.7 Å². The van der Waals surface area contributed by atoms with Crippen LogP contribution in [-0.2, 0) is 0 Å². The molecule has 0 atom stereocenters. The van der Waals surface area contributed by atoms with Gasteiger partial charge in [0.1, 0.15) is 5.75 Å². The lowest BCUT2D eigenvalue weighted by Gasteiger charge is -2.10. The molecule has 3 nitrogen and oxygen atoms in total. The van der Waals surface area contributed by atoms with Gasteiger partial charge in [0.25, 0.3) is 0 Å². The molecule has 0 aliphatic heterocycles. The van der Waals surface area contributed by atoms with Crippen LogP contribution < -0.4 is 4.74 Å². The quantitative estimate of drug-likeness (QED) is 0.802.